The van der Waals surface area contributed by atoms with Crippen LogP contribution in [0.3, 0.4) is 0 Å². The third-order valence-electron chi connectivity index (χ3n) is 2.43. The van der Waals surface area contributed by atoms with Crippen LogP contribution in [0.2, 0.25) is 0 Å². The Morgan fingerprint density at radius 2 is 2.26 bits per heavy atom. The van der Waals surface area contributed by atoms with E-state index in [4.69, 9.17) is 5.73 Å². The summed E-state index contributed by atoms with van der Waals surface area (Å²) in [6, 6.07) is 3.70. The van der Waals surface area contributed by atoms with Gasteiger partial charge in [0.25, 0.3) is 0 Å². The van der Waals surface area contributed by atoms with Gasteiger partial charge in [0.2, 0.25) is 0 Å². The molecule has 6 nitrogen and oxygen atoms in total. The van der Waals surface area contributed by atoms with E-state index in [2.05, 4.69) is 14.7 Å². The molecule has 19 heavy (non-hydrogen) atoms. The number of nitrogens with two attached hydrogens (primary N) is 1. The van der Waals surface area contributed by atoms with Gasteiger partial charge in [0, 0.05) is 30.8 Å². The summed E-state index contributed by atoms with van der Waals surface area (Å²) >= 11 is 1.21. The van der Waals surface area contributed by atoms with Crippen molar-refractivity contribution in [3.63, 3.8) is 0 Å². The van der Waals surface area contributed by atoms with E-state index < -0.39 is 9.84 Å². The standard InChI is InChI=1S/C11H14N4O2S2/c1-19(16,17)6-5-14-11-9(10(12)15-18-11)8-3-2-4-13-7-8/h2-4,7,14H,5-6H2,1H3,(H2,12,15). The monoisotopic (exact) mass is 298 g/mol. The summed E-state index contributed by atoms with van der Waals surface area (Å²) in [6.45, 7) is 0.327. The number of nitrogen functional groups attached to an aromatic ring is 1. The van der Waals surface area contributed by atoms with E-state index in [1.807, 2.05) is 12.1 Å². The minimum Gasteiger partial charge on any atom is -0.382 e. The number of anilines is 2. The Hall–Kier alpha value is -1.67. The van der Waals surface area contributed by atoms with E-state index >= 15 is 0 Å². The van der Waals surface area contributed by atoms with Crippen LogP contribution in [0.4, 0.5) is 10.8 Å². The molecular weight excluding hydrogens is 284 g/mol. The molecule has 2 aromatic rings. The molecule has 102 valence electrons. The van der Waals surface area contributed by atoms with Crippen molar-refractivity contribution >= 4 is 32.2 Å². The van der Waals surface area contributed by atoms with E-state index in [9.17, 15) is 8.42 Å². The number of nitrogens with one attached hydrogen (secondary N) is 1. The minimum absolute atomic E-state index is 0.0668. The predicted molar refractivity (Wildman–Crippen MR) is 78.0 cm³/mol. The molecule has 2 rings (SSSR count). The highest BCUT2D eigenvalue weighted by Gasteiger charge is 2.14. The number of sulfone groups is 1. The molecule has 0 fully saturated rings. The Bertz CT molecular complexity index is 653. The largest absolute Gasteiger partial charge is 0.382 e. The van der Waals surface area contributed by atoms with Crippen LogP contribution in [0, 0.1) is 0 Å². The summed E-state index contributed by atoms with van der Waals surface area (Å²) in [5.41, 5.74) is 7.47. The number of hydrogen-bond donors (Lipinski definition) is 2. The maximum atomic E-state index is 11.1. The molecular formula is C11H14N4O2S2. The van der Waals surface area contributed by atoms with Gasteiger partial charge in [-0.25, -0.2) is 8.42 Å². The molecule has 0 amide bonds. The maximum Gasteiger partial charge on any atom is 0.149 e. The predicted octanol–water partition coefficient (Wildman–Crippen LogP) is 1.24. The third kappa shape index (κ3) is 3.65. The normalized spacial score (nSPS) is 11.4. The highest BCUT2D eigenvalue weighted by Crippen LogP contribution is 2.36. The number of rotatable bonds is 5. The third-order valence-corrected chi connectivity index (χ3v) is 4.19. The Morgan fingerprint density at radius 1 is 1.47 bits per heavy atom. The van der Waals surface area contributed by atoms with Crippen LogP contribution in [0.15, 0.2) is 24.5 Å². The molecule has 0 aliphatic heterocycles. The zero-order valence-electron chi connectivity index (χ0n) is 10.3. The first-order valence-corrected chi connectivity index (χ1v) is 8.38. The lowest BCUT2D eigenvalue weighted by molar-refractivity contribution is 0.602. The zero-order valence-corrected chi connectivity index (χ0v) is 12.0. The molecule has 8 heteroatoms. The molecule has 0 aliphatic carbocycles. The quantitative estimate of drug-likeness (QED) is 0.862. The van der Waals surface area contributed by atoms with Crippen LogP contribution in [-0.2, 0) is 9.84 Å². The molecule has 2 heterocycles. The highest BCUT2D eigenvalue weighted by atomic mass is 32.2. The molecule has 0 radical (unpaired) electrons. The van der Waals surface area contributed by atoms with Gasteiger partial charge in [-0.3, -0.25) is 4.98 Å². The molecule has 2 aromatic heterocycles. The van der Waals surface area contributed by atoms with Gasteiger partial charge < -0.3 is 11.1 Å². The van der Waals surface area contributed by atoms with Crippen molar-refractivity contribution in [1.82, 2.24) is 9.36 Å². The van der Waals surface area contributed by atoms with E-state index in [1.165, 1.54) is 17.8 Å². The lowest BCUT2D eigenvalue weighted by atomic mass is 10.1. The Kier molecular flexibility index (Phi) is 4.01. The fourth-order valence-corrected chi connectivity index (χ4v) is 2.80. The molecule has 0 unspecified atom stereocenters. The van der Waals surface area contributed by atoms with Crippen molar-refractivity contribution in [2.24, 2.45) is 0 Å². The first-order chi connectivity index (χ1) is 8.97. The van der Waals surface area contributed by atoms with Crippen LogP contribution in [0.25, 0.3) is 11.1 Å². The van der Waals surface area contributed by atoms with Crippen LogP contribution in [0.5, 0.6) is 0 Å². The Labute approximate surface area is 115 Å². The summed E-state index contributed by atoms with van der Waals surface area (Å²) in [6.07, 6.45) is 4.58. The Balaban J connectivity index is 2.19. The number of pyridine rings is 1. The first kappa shape index (κ1) is 13.8. The van der Waals surface area contributed by atoms with Crippen LogP contribution >= 0.6 is 11.5 Å². The van der Waals surface area contributed by atoms with E-state index in [0.717, 1.165) is 16.1 Å². The van der Waals surface area contributed by atoms with Gasteiger partial charge in [-0.15, -0.1) is 0 Å². The molecule has 3 N–H and O–H groups in total. The van der Waals surface area contributed by atoms with E-state index in [0.29, 0.717) is 12.4 Å². The second-order valence-corrected chi connectivity index (χ2v) is 7.10. The molecule has 0 atom stereocenters. The van der Waals surface area contributed by atoms with Crippen molar-refractivity contribution in [3.8, 4) is 11.1 Å². The maximum absolute atomic E-state index is 11.1. The lowest BCUT2D eigenvalue weighted by Crippen LogP contribution is -2.13. The highest BCUT2D eigenvalue weighted by molar-refractivity contribution is 7.90. The molecule has 0 aromatic carbocycles. The van der Waals surface area contributed by atoms with Crippen molar-refractivity contribution in [1.29, 1.82) is 0 Å². The number of nitrogens with zero attached hydrogens (tertiary/aromatic N) is 2. The fourth-order valence-electron chi connectivity index (χ4n) is 1.56. The lowest BCUT2D eigenvalue weighted by Gasteiger charge is -2.06. The number of aromatic nitrogens is 2. The molecule has 0 aliphatic rings. The second-order valence-electron chi connectivity index (χ2n) is 4.07. The molecule has 0 saturated heterocycles. The van der Waals surface area contributed by atoms with Crippen LogP contribution < -0.4 is 11.1 Å². The van der Waals surface area contributed by atoms with Gasteiger partial charge >= 0.3 is 0 Å². The van der Waals surface area contributed by atoms with Gasteiger partial charge in [0.15, 0.2) is 0 Å². The molecule has 0 bridgehead atoms. The van der Waals surface area contributed by atoms with Gasteiger partial charge in [0.1, 0.15) is 20.7 Å². The van der Waals surface area contributed by atoms with Crippen molar-refractivity contribution in [2.75, 3.05) is 29.6 Å². The molecule has 0 saturated carbocycles. The van der Waals surface area contributed by atoms with Gasteiger partial charge in [-0.05, 0) is 17.6 Å². The number of hydrogen-bond acceptors (Lipinski definition) is 7. The zero-order chi connectivity index (χ0) is 13.9. The van der Waals surface area contributed by atoms with Crippen molar-refractivity contribution in [3.05, 3.63) is 24.5 Å². The Morgan fingerprint density at radius 3 is 2.89 bits per heavy atom. The summed E-state index contributed by atoms with van der Waals surface area (Å²) in [7, 11) is -2.99. The van der Waals surface area contributed by atoms with Crippen molar-refractivity contribution in [2.45, 2.75) is 0 Å². The summed E-state index contributed by atoms with van der Waals surface area (Å²) in [5, 5.41) is 3.82. The van der Waals surface area contributed by atoms with Gasteiger partial charge in [-0.1, -0.05) is 6.07 Å². The average Bonchev–Trinajstić information content (AvgIpc) is 2.70. The smallest absolute Gasteiger partial charge is 0.149 e. The topological polar surface area (TPSA) is 98.0 Å². The van der Waals surface area contributed by atoms with Crippen molar-refractivity contribution < 1.29 is 8.42 Å². The summed E-state index contributed by atoms with van der Waals surface area (Å²) in [5.74, 6) is 0.483. The average molecular weight is 298 g/mol. The fraction of sp³-hybridized carbons (Fsp3) is 0.273. The van der Waals surface area contributed by atoms with E-state index in [-0.39, 0.29) is 5.75 Å². The van der Waals surface area contributed by atoms with Gasteiger partial charge in [0.05, 0.1) is 11.3 Å². The second kappa shape index (κ2) is 5.54. The SMILES string of the molecule is CS(=O)(=O)CCNc1snc(N)c1-c1cccnc1. The summed E-state index contributed by atoms with van der Waals surface area (Å²) in [4.78, 5) is 4.04. The van der Waals surface area contributed by atoms with Crippen LogP contribution in [0.1, 0.15) is 0 Å². The minimum atomic E-state index is -2.99. The summed E-state index contributed by atoms with van der Waals surface area (Å²) < 4.78 is 26.3. The van der Waals surface area contributed by atoms with Crippen LogP contribution in [-0.4, -0.2) is 36.3 Å². The first-order valence-electron chi connectivity index (χ1n) is 5.54. The van der Waals surface area contributed by atoms with E-state index in [1.54, 1.807) is 12.4 Å². The van der Waals surface area contributed by atoms with Gasteiger partial charge in [-0.2, -0.15) is 4.37 Å². The molecule has 0 spiro atoms.